The smallest absolute Gasteiger partial charge is 0.320 e. The van der Waals surface area contributed by atoms with Crippen molar-refractivity contribution in [1.82, 2.24) is 4.90 Å². The number of benzene rings is 3. The molecule has 4 rings (SSSR count). The number of carbonyl (C=O) groups is 1. The Kier molecular flexibility index (Phi) is 9.56. The van der Waals surface area contributed by atoms with Gasteiger partial charge in [0.1, 0.15) is 24.5 Å². The molecule has 7 heteroatoms. The number of nitrogens with zero attached hydrogens (tertiary/aromatic N) is 2. The third-order valence-electron chi connectivity index (χ3n) is 6.75. The van der Waals surface area contributed by atoms with Crippen molar-refractivity contribution < 1.29 is 19.4 Å². The standard InChI is InChI=1S/C31H31ClN2O4/c1-37-16-17-38-30-19-24(25(18-28(30)32)21-34-15-6-5-12-29(34)31(35)36)14-13-23-10-7-11-26(27(23)20-33)22-8-3-2-4-9-22/h2-4,7-11,13-14,18-19,29H,5-6,12,15-17,21H2,1H3,(H,35,36)/b14-13+/t29-/m0/s1. The topological polar surface area (TPSA) is 82.8 Å². The first-order chi connectivity index (χ1) is 18.5. The lowest BCUT2D eigenvalue weighted by Gasteiger charge is -2.33. The van der Waals surface area contributed by atoms with Crippen LogP contribution in [0.15, 0.2) is 60.7 Å². The summed E-state index contributed by atoms with van der Waals surface area (Å²) in [5.41, 5.74) is 4.97. The lowest BCUT2D eigenvalue weighted by molar-refractivity contribution is -0.144. The third kappa shape index (κ3) is 6.62. The number of rotatable bonds is 10. The van der Waals surface area contributed by atoms with Gasteiger partial charge < -0.3 is 14.6 Å². The number of carboxylic acid groups (broad SMARTS) is 1. The Morgan fingerprint density at radius 1 is 1.11 bits per heavy atom. The number of nitriles is 1. The fraction of sp³-hybridized carbons (Fsp3) is 0.290. The van der Waals surface area contributed by atoms with Crippen LogP contribution < -0.4 is 4.74 Å². The van der Waals surface area contributed by atoms with Crippen LogP contribution in [0.2, 0.25) is 5.02 Å². The first-order valence-corrected chi connectivity index (χ1v) is 13.1. The maximum Gasteiger partial charge on any atom is 0.320 e. The highest BCUT2D eigenvalue weighted by molar-refractivity contribution is 6.32. The van der Waals surface area contributed by atoms with E-state index in [4.69, 9.17) is 21.1 Å². The number of aliphatic carboxylic acids is 1. The normalized spacial score (nSPS) is 15.9. The summed E-state index contributed by atoms with van der Waals surface area (Å²) in [5.74, 6) is -0.275. The molecule has 196 valence electrons. The highest BCUT2D eigenvalue weighted by Gasteiger charge is 2.29. The van der Waals surface area contributed by atoms with E-state index < -0.39 is 12.0 Å². The summed E-state index contributed by atoms with van der Waals surface area (Å²) >= 11 is 6.58. The van der Waals surface area contributed by atoms with Crippen LogP contribution in [0.25, 0.3) is 23.3 Å². The summed E-state index contributed by atoms with van der Waals surface area (Å²) in [4.78, 5) is 13.9. The molecule has 0 radical (unpaired) electrons. The van der Waals surface area contributed by atoms with Crippen molar-refractivity contribution in [3.05, 3.63) is 87.9 Å². The lowest BCUT2D eigenvalue weighted by Crippen LogP contribution is -2.44. The van der Waals surface area contributed by atoms with E-state index in [1.165, 1.54) is 0 Å². The summed E-state index contributed by atoms with van der Waals surface area (Å²) in [5, 5.41) is 20.2. The van der Waals surface area contributed by atoms with Gasteiger partial charge in [-0.25, -0.2) is 0 Å². The Bertz CT molecular complexity index is 1330. The van der Waals surface area contributed by atoms with E-state index in [0.29, 0.717) is 49.1 Å². The number of methoxy groups -OCH3 is 1. The minimum absolute atomic E-state index is 0.351. The highest BCUT2D eigenvalue weighted by atomic mass is 35.5. The summed E-state index contributed by atoms with van der Waals surface area (Å²) in [6, 6.07) is 21.2. The molecule has 1 atom stereocenters. The van der Waals surface area contributed by atoms with Crippen molar-refractivity contribution in [2.45, 2.75) is 31.8 Å². The zero-order valence-corrected chi connectivity index (χ0v) is 22.2. The number of ether oxygens (including phenoxy) is 2. The van der Waals surface area contributed by atoms with Crippen molar-refractivity contribution in [2.75, 3.05) is 26.9 Å². The predicted molar refractivity (Wildman–Crippen MR) is 150 cm³/mol. The van der Waals surface area contributed by atoms with Crippen LogP contribution in [-0.4, -0.2) is 48.9 Å². The molecule has 0 aromatic heterocycles. The van der Waals surface area contributed by atoms with Gasteiger partial charge in [0.25, 0.3) is 0 Å². The number of likely N-dealkylation sites (tertiary alicyclic amines) is 1. The van der Waals surface area contributed by atoms with E-state index >= 15 is 0 Å². The molecule has 1 saturated heterocycles. The van der Waals surface area contributed by atoms with Gasteiger partial charge in [0, 0.05) is 19.2 Å². The van der Waals surface area contributed by atoms with E-state index in [0.717, 1.165) is 40.7 Å². The summed E-state index contributed by atoms with van der Waals surface area (Å²) in [7, 11) is 1.61. The van der Waals surface area contributed by atoms with E-state index in [2.05, 4.69) is 6.07 Å². The van der Waals surface area contributed by atoms with E-state index in [9.17, 15) is 15.2 Å². The molecule has 38 heavy (non-hydrogen) atoms. The molecule has 0 bridgehead atoms. The zero-order valence-electron chi connectivity index (χ0n) is 21.4. The molecule has 0 spiro atoms. The lowest BCUT2D eigenvalue weighted by atomic mass is 9.95. The van der Waals surface area contributed by atoms with Gasteiger partial charge in [-0.15, -0.1) is 0 Å². The summed E-state index contributed by atoms with van der Waals surface area (Å²) in [6.07, 6.45) is 6.35. The molecule has 1 aliphatic heterocycles. The van der Waals surface area contributed by atoms with Crippen molar-refractivity contribution >= 4 is 29.7 Å². The fourth-order valence-corrected chi connectivity index (χ4v) is 5.04. The van der Waals surface area contributed by atoms with Gasteiger partial charge in [-0.1, -0.05) is 78.7 Å². The van der Waals surface area contributed by atoms with Gasteiger partial charge in [-0.2, -0.15) is 5.26 Å². The second kappa shape index (κ2) is 13.3. The van der Waals surface area contributed by atoms with Crippen molar-refractivity contribution in [2.24, 2.45) is 0 Å². The Morgan fingerprint density at radius 2 is 1.89 bits per heavy atom. The zero-order chi connectivity index (χ0) is 26.9. The monoisotopic (exact) mass is 530 g/mol. The minimum atomic E-state index is -0.802. The molecular formula is C31H31ClN2O4. The van der Waals surface area contributed by atoms with Crippen LogP contribution in [0, 0.1) is 11.3 Å². The predicted octanol–water partition coefficient (Wildman–Crippen LogP) is 6.51. The molecular weight excluding hydrogens is 500 g/mol. The van der Waals surface area contributed by atoms with Gasteiger partial charge in [-0.05, 0) is 53.8 Å². The van der Waals surface area contributed by atoms with Crippen molar-refractivity contribution in [1.29, 1.82) is 5.26 Å². The maximum absolute atomic E-state index is 11.9. The summed E-state index contributed by atoms with van der Waals surface area (Å²) < 4.78 is 10.9. The molecule has 0 unspecified atom stereocenters. The quantitative estimate of drug-likeness (QED) is 0.237. The Hall–Kier alpha value is -3.63. The van der Waals surface area contributed by atoms with Crippen LogP contribution in [0.1, 0.15) is 41.5 Å². The first-order valence-electron chi connectivity index (χ1n) is 12.7. The molecule has 0 saturated carbocycles. The Morgan fingerprint density at radius 3 is 2.63 bits per heavy atom. The van der Waals surface area contributed by atoms with Crippen LogP contribution >= 0.6 is 11.6 Å². The Balaban J connectivity index is 1.72. The number of carboxylic acids is 1. The van der Waals surface area contributed by atoms with Crippen LogP contribution in [0.5, 0.6) is 5.75 Å². The van der Waals surface area contributed by atoms with E-state index in [1.807, 2.05) is 77.7 Å². The maximum atomic E-state index is 11.9. The van der Waals surface area contributed by atoms with Gasteiger partial charge in [0.2, 0.25) is 0 Å². The van der Waals surface area contributed by atoms with Gasteiger partial charge in [0.05, 0.1) is 17.2 Å². The largest absolute Gasteiger partial charge is 0.490 e. The number of piperidine rings is 1. The average Bonchev–Trinajstić information content (AvgIpc) is 2.94. The van der Waals surface area contributed by atoms with Crippen molar-refractivity contribution in [3.63, 3.8) is 0 Å². The Labute approximate surface area is 228 Å². The van der Waals surface area contributed by atoms with Crippen LogP contribution in [-0.2, 0) is 16.1 Å². The SMILES string of the molecule is COCCOc1cc(/C=C/c2cccc(-c3ccccc3)c2C#N)c(CN2CCCC[C@H]2C(=O)O)cc1Cl. The third-order valence-corrected chi connectivity index (χ3v) is 7.04. The van der Waals surface area contributed by atoms with Crippen molar-refractivity contribution in [3.8, 4) is 22.9 Å². The van der Waals surface area contributed by atoms with Gasteiger partial charge in [-0.3, -0.25) is 9.69 Å². The molecule has 1 heterocycles. The number of halogens is 1. The molecule has 0 aliphatic carbocycles. The number of hydrogen-bond donors (Lipinski definition) is 1. The molecule has 1 fully saturated rings. The molecule has 6 nitrogen and oxygen atoms in total. The number of hydrogen-bond acceptors (Lipinski definition) is 5. The molecule has 3 aromatic carbocycles. The second-order valence-electron chi connectivity index (χ2n) is 9.22. The van der Waals surface area contributed by atoms with Gasteiger partial charge in [0.15, 0.2) is 0 Å². The van der Waals surface area contributed by atoms with E-state index in [1.54, 1.807) is 7.11 Å². The molecule has 1 N–H and O–H groups in total. The highest BCUT2D eigenvalue weighted by Crippen LogP contribution is 2.33. The van der Waals surface area contributed by atoms with Gasteiger partial charge >= 0.3 is 5.97 Å². The van der Waals surface area contributed by atoms with Crippen LogP contribution in [0.4, 0.5) is 0 Å². The molecule has 1 aliphatic rings. The second-order valence-corrected chi connectivity index (χ2v) is 9.63. The van der Waals surface area contributed by atoms with E-state index in [-0.39, 0.29) is 0 Å². The minimum Gasteiger partial charge on any atom is -0.490 e. The summed E-state index contributed by atoms with van der Waals surface area (Å²) in [6.45, 7) is 1.93. The average molecular weight is 531 g/mol. The molecule has 3 aromatic rings. The fourth-order valence-electron chi connectivity index (χ4n) is 4.80. The first kappa shape index (κ1) is 27.4. The molecule has 0 amide bonds. The van der Waals surface area contributed by atoms with Crippen LogP contribution in [0.3, 0.4) is 0 Å².